The van der Waals surface area contributed by atoms with E-state index in [0.717, 1.165) is 54.5 Å². The molecule has 1 heterocycles. The van der Waals surface area contributed by atoms with Crippen LogP contribution < -0.4 is 5.32 Å². The zero-order valence-corrected chi connectivity index (χ0v) is 17.5. The molecule has 1 amide bonds. The molecule has 0 radical (unpaired) electrons. The summed E-state index contributed by atoms with van der Waals surface area (Å²) < 4.78 is 0. The highest BCUT2D eigenvalue weighted by atomic mass is 35.5. The topological polar surface area (TPSA) is 78.0 Å². The number of amides is 1. The van der Waals surface area contributed by atoms with Crippen molar-refractivity contribution >= 4 is 29.2 Å². The molecular weight excluding hydrogens is 398 g/mol. The summed E-state index contributed by atoms with van der Waals surface area (Å²) in [6.45, 7) is -0.106. The van der Waals surface area contributed by atoms with E-state index in [4.69, 9.17) is 11.6 Å². The van der Waals surface area contributed by atoms with E-state index >= 15 is 0 Å². The second-order valence-electron chi connectivity index (χ2n) is 7.83. The molecule has 2 atom stereocenters. The van der Waals surface area contributed by atoms with E-state index in [-0.39, 0.29) is 24.5 Å². The Morgan fingerprint density at radius 1 is 1.33 bits per heavy atom. The van der Waals surface area contributed by atoms with Crippen LogP contribution in [-0.4, -0.2) is 33.9 Å². The molecule has 0 spiro atoms. The number of benzene rings is 1. The number of carbonyl (C=O) groups is 1. The van der Waals surface area contributed by atoms with Crippen molar-refractivity contribution in [2.45, 2.75) is 38.1 Å². The second kappa shape index (κ2) is 9.45. The third-order valence-electron chi connectivity index (χ3n) is 5.75. The van der Waals surface area contributed by atoms with Crippen molar-refractivity contribution in [1.29, 1.82) is 0 Å². The smallest absolute Gasteiger partial charge is 0.269 e. The molecule has 0 fully saturated rings. The van der Waals surface area contributed by atoms with Crippen molar-refractivity contribution in [3.63, 3.8) is 0 Å². The minimum Gasteiger partial charge on any atom is -0.394 e. The minimum atomic E-state index is -0.329. The predicted octanol–water partition coefficient (Wildman–Crippen LogP) is 4.55. The van der Waals surface area contributed by atoms with Crippen LogP contribution in [0.15, 0.2) is 48.6 Å². The van der Waals surface area contributed by atoms with Gasteiger partial charge >= 0.3 is 0 Å². The second-order valence-corrected chi connectivity index (χ2v) is 8.27. The van der Waals surface area contributed by atoms with Crippen molar-refractivity contribution in [2.75, 3.05) is 6.61 Å². The number of aliphatic hydroxyl groups excluding tert-OH is 1. The molecule has 5 nitrogen and oxygen atoms in total. The van der Waals surface area contributed by atoms with Crippen molar-refractivity contribution in [1.82, 2.24) is 15.5 Å². The van der Waals surface area contributed by atoms with E-state index in [0.29, 0.717) is 10.7 Å². The van der Waals surface area contributed by atoms with Gasteiger partial charge in [-0.1, -0.05) is 48.0 Å². The summed E-state index contributed by atoms with van der Waals surface area (Å²) in [5.74, 6) is -0.126. The molecule has 4 rings (SSSR count). The molecule has 1 aromatic carbocycles. The van der Waals surface area contributed by atoms with Crippen LogP contribution in [0.3, 0.4) is 0 Å². The van der Waals surface area contributed by atoms with Gasteiger partial charge in [0, 0.05) is 16.5 Å². The molecule has 2 aliphatic rings. The maximum atomic E-state index is 13.0. The number of allylic oxidation sites excluding steroid dienone is 4. The number of nitrogens with one attached hydrogen (secondary N) is 2. The first-order valence-electron chi connectivity index (χ1n) is 10.4. The van der Waals surface area contributed by atoms with Crippen molar-refractivity contribution in [3.05, 3.63) is 76.1 Å². The average molecular weight is 424 g/mol. The molecule has 0 aliphatic heterocycles. The third kappa shape index (κ3) is 4.58. The van der Waals surface area contributed by atoms with E-state index in [2.05, 4.69) is 27.7 Å². The highest BCUT2D eigenvalue weighted by Gasteiger charge is 2.26. The van der Waals surface area contributed by atoms with Crippen molar-refractivity contribution in [3.8, 4) is 0 Å². The van der Waals surface area contributed by atoms with Gasteiger partial charge in [0.25, 0.3) is 5.91 Å². The average Bonchev–Trinajstić information content (AvgIpc) is 3.09. The molecule has 2 aromatic rings. The number of hydrogen-bond donors (Lipinski definition) is 3. The quantitative estimate of drug-likeness (QED) is 0.617. The number of H-pyrrole nitrogens is 1. The zero-order chi connectivity index (χ0) is 20.9. The van der Waals surface area contributed by atoms with Gasteiger partial charge in [0.1, 0.15) is 5.69 Å². The number of hydrogen-bond acceptors (Lipinski definition) is 3. The van der Waals surface area contributed by atoms with Gasteiger partial charge in [0.15, 0.2) is 0 Å². The summed E-state index contributed by atoms with van der Waals surface area (Å²) in [7, 11) is 0. The molecule has 3 N–H and O–H groups in total. The lowest BCUT2D eigenvalue weighted by Crippen LogP contribution is -2.43. The maximum absolute atomic E-state index is 13.0. The first-order valence-corrected chi connectivity index (χ1v) is 10.8. The highest BCUT2D eigenvalue weighted by molar-refractivity contribution is 6.30. The summed E-state index contributed by atoms with van der Waals surface area (Å²) in [5, 5.41) is 21.0. The van der Waals surface area contributed by atoms with Gasteiger partial charge in [0.05, 0.1) is 18.3 Å². The summed E-state index contributed by atoms with van der Waals surface area (Å²) in [6.07, 6.45) is 14.7. The van der Waals surface area contributed by atoms with Crippen LogP contribution >= 0.6 is 11.6 Å². The van der Waals surface area contributed by atoms with Crippen LogP contribution in [0, 0.1) is 5.92 Å². The Balaban J connectivity index is 1.59. The minimum absolute atomic E-state index is 0.0868. The van der Waals surface area contributed by atoms with E-state index in [9.17, 15) is 9.90 Å². The Morgan fingerprint density at radius 2 is 2.20 bits per heavy atom. The van der Waals surface area contributed by atoms with Gasteiger partial charge < -0.3 is 10.4 Å². The highest BCUT2D eigenvalue weighted by Crippen LogP contribution is 2.32. The van der Waals surface area contributed by atoms with Crippen LogP contribution in [-0.2, 0) is 6.42 Å². The number of fused-ring (bicyclic) bond motifs is 1. The van der Waals surface area contributed by atoms with Gasteiger partial charge in [-0.05, 0) is 61.4 Å². The summed E-state index contributed by atoms with van der Waals surface area (Å²) >= 11 is 6.13. The molecule has 30 heavy (non-hydrogen) atoms. The Labute approximate surface area is 181 Å². The van der Waals surface area contributed by atoms with Gasteiger partial charge in [-0.25, -0.2) is 0 Å². The maximum Gasteiger partial charge on any atom is 0.269 e. The lowest BCUT2D eigenvalue weighted by molar-refractivity contribution is 0.0893. The molecule has 0 saturated heterocycles. The number of nitrogens with zero attached hydrogens (tertiary/aromatic N) is 1. The standard InChI is InChI=1S/C24H26ClN3O2/c25-19-11-6-7-16(14-19)13-18-10-4-5-12-20-22(18)27-28-23(20)24(30)26-21(15-29)17-8-2-1-3-9-17/h1-3,6-8,11,13-14,17,21,29H,4-5,9-10,12,15H2,(H,26,30)(H,27,28)/b18-13+/t17?,21-/m0/s1. The van der Waals surface area contributed by atoms with Gasteiger partial charge in [-0.2, -0.15) is 5.10 Å². The first kappa shape index (κ1) is 20.6. The number of carbonyl (C=O) groups excluding carboxylic acids is 1. The molecule has 1 unspecified atom stereocenters. The number of halogens is 1. The van der Waals surface area contributed by atoms with E-state index < -0.39 is 0 Å². The lowest BCUT2D eigenvalue weighted by atomic mass is 9.93. The molecule has 0 saturated carbocycles. The van der Waals surface area contributed by atoms with E-state index in [1.807, 2.05) is 42.5 Å². The summed E-state index contributed by atoms with van der Waals surface area (Å²) in [5.41, 5.74) is 4.45. The van der Waals surface area contributed by atoms with E-state index in [1.54, 1.807) is 0 Å². The van der Waals surface area contributed by atoms with Crippen molar-refractivity contribution < 1.29 is 9.90 Å². The van der Waals surface area contributed by atoms with Crippen LogP contribution in [0.4, 0.5) is 0 Å². The summed E-state index contributed by atoms with van der Waals surface area (Å²) in [6, 6.07) is 7.40. The van der Waals surface area contributed by atoms with Gasteiger partial charge in [-0.15, -0.1) is 0 Å². The SMILES string of the molecule is O=C(N[C@@H](CO)C1C=CC=CC1)c1[nH]nc2c1CCCC/C2=C\c1cccc(Cl)c1. The van der Waals surface area contributed by atoms with Crippen LogP contribution in [0.2, 0.25) is 5.02 Å². The summed E-state index contributed by atoms with van der Waals surface area (Å²) in [4.78, 5) is 13.0. The number of aliphatic hydroxyl groups is 1. The Bertz CT molecular complexity index is 1010. The lowest BCUT2D eigenvalue weighted by Gasteiger charge is -2.24. The first-order chi connectivity index (χ1) is 14.7. The van der Waals surface area contributed by atoms with E-state index in [1.165, 1.54) is 0 Å². The molecule has 156 valence electrons. The molecule has 0 bridgehead atoms. The van der Waals surface area contributed by atoms with Crippen LogP contribution in [0.5, 0.6) is 0 Å². The fourth-order valence-electron chi connectivity index (χ4n) is 4.16. The van der Waals surface area contributed by atoms with Crippen LogP contribution in [0.25, 0.3) is 11.6 Å². The normalized spacial score (nSPS) is 20.6. The molecule has 1 aromatic heterocycles. The van der Waals surface area contributed by atoms with Gasteiger partial charge in [-0.3, -0.25) is 9.89 Å². The number of aromatic nitrogens is 2. The van der Waals surface area contributed by atoms with Crippen LogP contribution in [0.1, 0.15) is 53.0 Å². The molecule has 6 heteroatoms. The Hall–Kier alpha value is -2.63. The fraction of sp³-hybridized carbons (Fsp3) is 0.333. The number of aromatic amines is 1. The molecule has 2 aliphatic carbocycles. The third-order valence-corrected chi connectivity index (χ3v) is 5.99. The van der Waals surface area contributed by atoms with Crippen molar-refractivity contribution in [2.24, 2.45) is 5.92 Å². The van der Waals surface area contributed by atoms with Gasteiger partial charge in [0.2, 0.25) is 0 Å². The monoisotopic (exact) mass is 423 g/mol. The Kier molecular flexibility index (Phi) is 6.50. The predicted molar refractivity (Wildman–Crippen MR) is 120 cm³/mol. The fourth-order valence-corrected chi connectivity index (χ4v) is 4.36. The largest absolute Gasteiger partial charge is 0.394 e. The Morgan fingerprint density at radius 3 is 2.97 bits per heavy atom. The molecular formula is C24H26ClN3O2. The zero-order valence-electron chi connectivity index (χ0n) is 16.8. The number of rotatable bonds is 5.